The lowest BCUT2D eigenvalue weighted by Gasteiger charge is -2.21. The van der Waals surface area contributed by atoms with Crippen molar-refractivity contribution >= 4 is 17.6 Å². The third-order valence-electron chi connectivity index (χ3n) is 3.01. The van der Waals surface area contributed by atoms with Gasteiger partial charge in [-0.1, -0.05) is 12.1 Å². The molecule has 0 saturated heterocycles. The molecule has 1 amide bonds. The number of para-hydroxylation sites is 2. The van der Waals surface area contributed by atoms with Gasteiger partial charge in [0.25, 0.3) is 5.91 Å². The predicted molar refractivity (Wildman–Crippen MR) is 79.8 cm³/mol. The lowest BCUT2D eigenvalue weighted by Crippen LogP contribution is -2.36. The Balaban J connectivity index is 2.26. The normalized spacial score (nSPS) is 10.3. The number of benzene rings is 1. The van der Waals surface area contributed by atoms with Gasteiger partial charge in [0, 0.05) is 13.1 Å². The summed E-state index contributed by atoms with van der Waals surface area (Å²) in [6, 6.07) is 7.11. The molecule has 0 spiro atoms. The molecular weight excluding hydrogens is 272 g/mol. The van der Waals surface area contributed by atoms with Gasteiger partial charge in [-0.2, -0.15) is 0 Å². The van der Waals surface area contributed by atoms with Crippen LogP contribution in [-0.4, -0.2) is 43.1 Å². The molecule has 0 aliphatic heterocycles. The molecule has 0 atom stereocenters. The highest BCUT2D eigenvalue weighted by Crippen LogP contribution is 2.19. The van der Waals surface area contributed by atoms with Gasteiger partial charge in [0.1, 0.15) is 5.75 Å². The number of carbonyl (C=O) groups is 2. The quantitative estimate of drug-likeness (QED) is 0.608. The monoisotopic (exact) mass is 294 g/mol. The highest BCUT2D eigenvalue weighted by molar-refractivity contribution is 5.80. The number of ether oxygens (including phenoxy) is 2. The fourth-order valence-corrected chi connectivity index (χ4v) is 1.46. The lowest BCUT2D eigenvalue weighted by molar-refractivity contribution is -0.152. The number of rotatable bonds is 7. The summed E-state index contributed by atoms with van der Waals surface area (Å²) in [4.78, 5) is 24.7. The number of likely N-dealkylation sites (N-methyl/N-ethyl adjacent to an activating group) is 1. The van der Waals surface area contributed by atoms with Crippen molar-refractivity contribution in [1.82, 2.24) is 4.90 Å². The van der Waals surface area contributed by atoms with E-state index < -0.39 is 5.97 Å². The molecule has 0 fully saturated rings. The van der Waals surface area contributed by atoms with Crippen LogP contribution in [0.25, 0.3) is 0 Å². The number of hydrogen-bond donors (Lipinski definition) is 1. The van der Waals surface area contributed by atoms with Crippen LogP contribution in [0.4, 0.5) is 5.69 Å². The van der Waals surface area contributed by atoms with Gasteiger partial charge in [-0.3, -0.25) is 9.59 Å². The smallest absolute Gasteiger partial charge is 0.309 e. The van der Waals surface area contributed by atoms with Gasteiger partial charge in [-0.05, 0) is 26.0 Å². The van der Waals surface area contributed by atoms with Crippen LogP contribution >= 0.6 is 0 Å². The average Bonchev–Trinajstić information content (AvgIpc) is 2.45. The third kappa shape index (κ3) is 5.72. The summed E-state index contributed by atoms with van der Waals surface area (Å²) in [6.45, 7) is 3.68. The second kappa shape index (κ2) is 8.14. The fraction of sp³-hybridized carbons (Fsp3) is 0.467. The van der Waals surface area contributed by atoms with Crippen molar-refractivity contribution < 1.29 is 19.1 Å². The van der Waals surface area contributed by atoms with E-state index in [1.165, 1.54) is 4.90 Å². The Morgan fingerprint density at radius 3 is 2.57 bits per heavy atom. The van der Waals surface area contributed by atoms with Gasteiger partial charge in [0.05, 0.1) is 18.7 Å². The summed E-state index contributed by atoms with van der Waals surface area (Å²) >= 11 is 0. The number of hydrogen-bond acceptors (Lipinski definition) is 5. The van der Waals surface area contributed by atoms with Crippen molar-refractivity contribution in [1.29, 1.82) is 0 Å². The van der Waals surface area contributed by atoms with E-state index in [9.17, 15) is 9.59 Å². The molecule has 0 aromatic heterocycles. The van der Waals surface area contributed by atoms with E-state index in [0.717, 1.165) is 0 Å². The molecule has 0 aliphatic rings. The summed E-state index contributed by atoms with van der Waals surface area (Å²) in [6.07, 6.45) is 0.0625. The molecule has 1 aromatic rings. The van der Waals surface area contributed by atoms with Crippen LogP contribution in [0.3, 0.4) is 0 Å². The van der Waals surface area contributed by atoms with Crippen molar-refractivity contribution in [3.05, 3.63) is 24.3 Å². The summed E-state index contributed by atoms with van der Waals surface area (Å²) in [5.41, 5.74) is 6.22. The van der Waals surface area contributed by atoms with E-state index in [2.05, 4.69) is 0 Å². The Bertz CT molecular complexity index is 488. The zero-order valence-electron chi connectivity index (χ0n) is 12.7. The Morgan fingerprint density at radius 1 is 1.29 bits per heavy atom. The molecule has 6 heteroatoms. The van der Waals surface area contributed by atoms with Crippen LogP contribution < -0.4 is 10.5 Å². The number of amides is 1. The lowest BCUT2D eigenvalue weighted by atomic mass is 10.3. The molecule has 2 N–H and O–H groups in total. The SMILES string of the molecule is CC(C)N(C)C(=O)COC(=O)CCOc1ccccc1N. The molecule has 0 aliphatic carbocycles. The molecule has 0 bridgehead atoms. The zero-order chi connectivity index (χ0) is 15.8. The number of nitrogens with two attached hydrogens (primary N) is 1. The molecule has 6 nitrogen and oxygen atoms in total. The van der Waals surface area contributed by atoms with Gasteiger partial charge in [-0.15, -0.1) is 0 Å². The van der Waals surface area contributed by atoms with Gasteiger partial charge >= 0.3 is 5.97 Å². The van der Waals surface area contributed by atoms with Crippen LogP contribution in [0.15, 0.2) is 24.3 Å². The van der Waals surface area contributed by atoms with E-state index in [-0.39, 0.29) is 31.6 Å². The minimum absolute atomic E-state index is 0.0625. The predicted octanol–water partition coefficient (Wildman–Crippen LogP) is 1.45. The standard InChI is InChI=1S/C15H22N2O4/c1-11(2)17(3)14(18)10-21-15(19)8-9-20-13-7-5-4-6-12(13)16/h4-7,11H,8-10,16H2,1-3H3. The van der Waals surface area contributed by atoms with Crippen LogP contribution in [0.5, 0.6) is 5.75 Å². The van der Waals surface area contributed by atoms with Gasteiger partial charge < -0.3 is 20.1 Å². The molecule has 116 valence electrons. The number of carbonyl (C=O) groups excluding carboxylic acids is 2. The number of esters is 1. The first kappa shape index (κ1) is 16.8. The maximum Gasteiger partial charge on any atom is 0.309 e. The van der Waals surface area contributed by atoms with Crippen LogP contribution in [0, 0.1) is 0 Å². The van der Waals surface area contributed by atoms with Crippen LogP contribution in [0.1, 0.15) is 20.3 Å². The summed E-state index contributed by atoms with van der Waals surface area (Å²) in [7, 11) is 1.67. The first-order chi connectivity index (χ1) is 9.91. The van der Waals surface area contributed by atoms with E-state index in [1.807, 2.05) is 13.8 Å². The molecular formula is C15H22N2O4. The largest absolute Gasteiger partial charge is 0.491 e. The maximum atomic E-state index is 11.6. The molecule has 0 saturated carbocycles. The summed E-state index contributed by atoms with van der Waals surface area (Å²) in [5, 5.41) is 0. The van der Waals surface area contributed by atoms with Gasteiger partial charge in [0.15, 0.2) is 6.61 Å². The topological polar surface area (TPSA) is 81.9 Å². The van der Waals surface area contributed by atoms with Crippen molar-refractivity contribution in [2.24, 2.45) is 0 Å². The van der Waals surface area contributed by atoms with Crippen LogP contribution in [0.2, 0.25) is 0 Å². The summed E-state index contributed by atoms with van der Waals surface area (Å²) < 4.78 is 10.3. The Labute approximate surface area is 124 Å². The first-order valence-corrected chi connectivity index (χ1v) is 6.80. The molecule has 1 rings (SSSR count). The van der Waals surface area contributed by atoms with E-state index >= 15 is 0 Å². The number of nitrogens with zero attached hydrogens (tertiary/aromatic N) is 1. The molecule has 0 unspecified atom stereocenters. The van der Waals surface area contributed by atoms with Crippen molar-refractivity contribution in [2.45, 2.75) is 26.3 Å². The highest BCUT2D eigenvalue weighted by atomic mass is 16.5. The second-order valence-corrected chi connectivity index (χ2v) is 4.90. The van der Waals surface area contributed by atoms with Crippen molar-refractivity contribution in [3.63, 3.8) is 0 Å². The van der Waals surface area contributed by atoms with Crippen molar-refractivity contribution in [2.75, 3.05) is 26.0 Å². The number of nitrogen functional groups attached to an aromatic ring is 1. The first-order valence-electron chi connectivity index (χ1n) is 6.80. The second-order valence-electron chi connectivity index (χ2n) is 4.90. The fourth-order valence-electron chi connectivity index (χ4n) is 1.46. The third-order valence-corrected chi connectivity index (χ3v) is 3.01. The molecule has 21 heavy (non-hydrogen) atoms. The Hall–Kier alpha value is -2.24. The van der Waals surface area contributed by atoms with E-state index in [4.69, 9.17) is 15.2 Å². The van der Waals surface area contributed by atoms with Crippen molar-refractivity contribution in [3.8, 4) is 5.75 Å². The Morgan fingerprint density at radius 2 is 1.95 bits per heavy atom. The Kier molecular flexibility index (Phi) is 6.52. The van der Waals surface area contributed by atoms with Gasteiger partial charge in [-0.25, -0.2) is 0 Å². The minimum atomic E-state index is -0.477. The molecule has 0 heterocycles. The van der Waals surface area contributed by atoms with E-state index in [1.54, 1.807) is 31.3 Å². The highest BCUT2D eigenvalue weighted by Gasteiger charge is 2.14. The van der Waals surface area contributed by atoms with E-state index in [0.29, 0.717) is 11.4 Å². The average molecular weight is 294 g/mol. The minimum Gasteiger partial charge on any atom is -0.491 e. The zero-order valence-corrected chi connectivity index (χ0v) is 12.7. The molecule has 1 aromatic carbocycles. The summed E-state index contributed by atoms with van der Waals surface area (Å²) in [5.74, 6) is -0.178. The maximum absolute atomic E-state index is 11.6. The van der Waals surface area contributed by atoms with Gasteiger partial charge in [0.2, 0.25) is 0 Å². The molecule has 0 radical (unpaired) electrons. The number of anilines is 1. The van der Waals surface area contributed by atoms with Crippen LogP contribution in [-0.2, 0) is 14.3 Å².